The largest absolute Gasteiger partial charge is 0.397 e. The molecule has 1 aromatic heterocycles. The number of nitrogens with two attached hydrogens (primary N) is 1. The van der Waals surface area contributed by atoms with Gasteiger partial charge in [0.2, 0.25) is 0 Å². The minimum absolute atomic E-state index is 0.595. The lowest BCUT2D eigenvalue weighted by molar-refractivity contribution is 0.0595. The fourth-order valence-electron chi connectivity index (χ4n) is 2.58. The summed E-state index contributed by atoms with van der Waals surface area (Å²) in [5.41, 5.74) is 8.65. The minimum atomic E-state index is 0.595. The first kappa shape index (κ1) is 12.2. The molecule has 3 rings (SSSR count). The molecule has 1 aromatic carbocycles. The van der Waals surface area contributed by atoms with Gasteiger partial charge in [0.15, 0.2) is 0 Å². The Balaban J connectivity index is 1.79. The van der Waals surface area contributed by atoms with E-state index in [1.807, 2.05) is 18.2 Å². The van der Waals surface area contributed by atoms with Crippen LogP contribution in [0.4, 0.5) is 11.4 Å². The molecule has 1 fully saturated rings. The molecule has 19 heavy (non-hydrogen) atoms. The Morgan fingerprint density at radius 3 is 3.16 bits per heavy atom. The van der Waals surface area contributed by atoms with Gasteiger partial charge in [-0.3, -0.25) is 4.98 Å². The smallest absolute Gasteiger partial charge is 0.0951 e. The first-order valence-electron chi connectivity index (χ1n) is 6.79. The molecule has 2 aromatic rings. The number of benzene rings is 1. The van der Waals surface area contributed by atoms with Gasteiger partial charge in [-0.15, -0.1) is 0 Å². The van der Waals surface area contributed by atoms with Crippen LogP contribution in [0.5, 0.6) is 0 Å². The van der Waals surface area contributed by atoms with Gasteiger partial charge in [-0.2, -0.15) is 0 Å². The number of rotatable bonds is 3. The van der Waals surface area contributed by atoms with Crippen LogP contribution in [0.1, 0.15) is 12.8 Å². The van der Waals surface area contributed by atoms with E-state index in [0.717, 1.165) is 48.5 Å². The maximum atomic E-state index is 5.95. The number of hydrogen-bond acceptors (Lipinski definition) is 4. The zero-order chi connectivity index (χ0) is 13.1. The number of nitrogens with one attached hydrogen (secondary N) is 1. The standard InChI is InChI=1S/C15H19N3O/c16-13-5-1-4-12-14(6-7-17-15(12)13)18-9-11-3-2-8-19-10-11/h1,4-7,11H,2-3,8-10,16H2,(H,17,18). The van der Waals surface area contributed by atoms with Crippen LogP contribution in [0.15, 0.2) is 30.5 Å². The van der Waals surface area contributed by atoms with Gasteiger partial charge in [0, 0.05) is 30.4 Å². The average Bonchev–Trinajstić information content (AvgIpc) is 2.47. The molecule has 1 aliphatic heterocycles. The molecular formula is C15H19N3O. The Bertz CT molecular complexity index is 564. The zero-order valence-corrected chi connectivity index (χ0v) is 10.9. The summed E-state index contributed by atoms with van der Waals surface area (Å²) in [5.74, 6) is 0.595. The van der Waals surface area contributed by atoms with E-state index in [4.69, 9.17) is 10.5 Å². The van der Waals surface area contributed by atoms with E-state index in [1.165, 1.54) is 6.42 Å². The molecule has 0 spiro atoms. The highest BCUT2D eigenvalue weighted by molar-refractivity contribution is 5.97. The molecule has 100 valence electrons. The highest BCUT2D eigenvalue weighted by Crippen LogP contribution is 2.26. The second-order valence-corrected chi connectivity index (χ2v) is 5.07. The molecule has 1 saturated heterocycles. The number of anilines is 2. The van der Waals surface area contributed by atoms with Crippen molar-refractivity contribution in [1.82, 2.24) is 4.98 Å². The first-order valence-corrected chi connectivity index (χ1v) is 6.79. The summed E-state index contributed by atoms with van der Waals surface area (Å²) < 4.78 is 5.50. The summed E-state index contributed by atoms with van der Waals surface area (Å²) in [5, 5.41) is 4.59. The van der Waals surface area contributed by atoms with Crippen LogP contribution in [-0.4, -0.2) is 24.7 Å². The van der Waals surface area contributed by atoms with Gasteiger partial charge in [-0.1, -0.05) is 12.1 Å². The number of hydrogen-bond donors (Lipinski definition) is 2. The van der Waals surface area contributed by atoms with Crippen molar-refractivity contribution in [1.29, 1.82) is 0 Å². The Kier molecular flexibility index (Phi) is 3.51. The fourth-order valence-corrected chi connectivity index (χ4v) is 2.58. The highest BCUT2D eigenvalue weighted by Gasteiger charge is 2.14. The van der Waals surface area contributed by atoms with Gasteiger partial charge < -0.3 is 15.8 Å². The van der Waals surface area contributed by atoms with Gasteiger partial charge in [-0.25, -0.2) is 0 Å². The van der Waals surface area contributed by atoms with Crippen LogP contribution < -0.4 is 11.1 Å². The number of nitrogen functional groups attached to an aromatic ring is 1. The van der Waals surface area contributed by atoms with E-state index in [2.05, 4.69) is 16.4 Å². The summed E-state index contributed by atoms with van der Waals surface area (Å²) in [7, 11) is 0. The van der Waals surface area contributed by atoms with Gasteiger partial charge in [0.1, 0.15) is 0 Å². The molecule has 0 amide bonds. The molecule has 0 saturated carbocycles. The lowest BCUT2D eigenvalue weighted by Gasteiger charge is -2.23. The second kappa shape index (κ2) is 5.45. The maximum absolute atomic E-state index is 5.95. The number of ether oxygens (including phenoxy) is 1. The molecule has 0 bridgehead atoms. The Labute approximate surface area is 113 Å². The fraction of sp³-hybridized carbons (Fsp3) is 0.400. The Morgan fingerprint density at radius 2 is 2.32 bits per heavy atom. The average molecular weight is 257 g/mol. The van der Waals surface area contributed by atoms with E-state index in [9.17, 15) is 0 Å². The predicted molar refractivity (Wildman–Crippen MR) is 78.2 cm³/mol. The molecular weight excluding hydrogens is 238 g/mol. The number of nitrogens with zero attached hydrogens (tertiary/aromatic N) is 1. The maximum Gasteiger partial charge on any atom is 0.0951 e. The molecule has 0 aliphatic carbocycles. The van der Waals surface area contributed by atoms with Crippen molar-refractivity contribution >= 4 is 22.3 Å². The molecule has 4 heteroatoms. The van der Waals surface area contributed by atoms with Crippen LogP contribution in [-0.2, 0) is 4.74 Å². The highest BCUT2D eigenvalue weighted by atomic mass is 16.5. The molecule has 4 nitrogen and oxygen atoms in total. The molecule has 1 aliphatic rings. The SMILES string of the molecule is Nc1cccc2c(NCC3CCCOC3)ccnc12. The van der Waals surface area contributed by atoms with Crippen molar-refractivity contribution < 1.29 is 4.74 Å². The van der Waals surface area contributed by atoms with Crippen molar-refractivity contribution in [3.05, 3.63) is 30.5 Å². The van der Waals surface area contributed by atoms with Crippen LogP contribution in [0.3, 0.4) is 0 Å². The summed E-state index contributed by atoms with van der Waals surface area (Å²) >= 11 is 0. The van der Waals surface area contributed by atoms with Crippen molar-refractivity contribution in [2.24, 2.45) is 5.92 Å². The quantitative estimate of drug-likeness (QED) is 0.830. The van der Waals surface area contributed by atoms with Gasteiger partial charge in [0.25, 0.3) is 0 Å². The zero-order valence-electron chi connectivity index (χ0n) is 10.9. The number of aromatic nitrogens is 1. The lowest BCUT2D eigenvalue weighted by atomic mass is 10.0. The van der Waals surface area contributed by atoms with Gasteiger partial charge in [-0.05, 0) is 30.9 Å². The molecule has 3 N–H and O–H groups in total. The third-order valence-corrected chi connectivity index (χ3v) is 3.64. The monoisotopic (exact) mass is 257 g/mol. The van der Waals surface area contributed by atoms with Crippen molar-refractivity contribution in [3.8, 4) is 0 Å². The molecule has 1 atom stereocenters. The van der Waals surface area contributed by atoms with Crippen molar-refractivity contribution in [3.63, 3.8) is 0 Å². The van der Waals surface area contributed by atoms with Crippen LogP contribution in [0.25, 0.3) is 10.9 Å². The predicted octanol–water partition coefficient (Wildman–Crippen LogP) is 2.66. The third-order valence-electron chi connectivity index (χ3n) is 3.64. The van der Waals surface area contributed by atoms with Crippen LogP contribution in [0, 0.1) is 5.92 Å². The van der Waals surface area contributed by atoms with Gasteiger partial charge in [0.05, 0.1) is 17.8 Å². The van der Waals surface area contributed by atoms with Crippen molar-refractivity contribution in [2.75, 3.05) is 30.8 Å². The molecule has 0 radical (unpaired) electrons. The van der Waals surface area contributed by atoms with E-state index in [0.29, 0.717) is 5.92 Å². The van der Waals surface area contributed by atoms with E-state index < -0.39 is 0 Å². The topological polar surface area (TPSA) is 60.2 Å². The van der Waals surface area contributed by atoms with E-state index in [1.54, 1.807) is 6.20 Å². The third kappa shape index (κ3) is 2.63. The van der Waals surface area contributed by atoms with E-state index >= 15 is 0 Å². The summed E-state index contributed by atoms with van der Waals surface area (Å²) in [6.07, 6.45) is 4.20. The molecule has 2 heterocycles. The number of para-hydroxylation sites is 1. The van der Waals surface area contributed by atoms with Crippen molar-refractivity contribution in [2.45, 2.75) is 12.8 Å². The summed E-state index contributed by atoms with van der Waals surface area (Å²) in [4.78, 5) is 4.35. The summed E-state index contributed by atoms with van der Waals surface area (Å²) in [6.45, 7) is 2.71. The summed E-state index contributed by atoms with van der Waals surface area (Å²) in [6, 6.07) is 7.91. The first-order chi connectivity index (χ1) is 9.34. The Hall–Kier alpha value is -1.81. The van der Waals surface area contributed by atoms with Crippen LogP contribution in [0.2, 0.25) is 0 Å². The normalized spacial score (nSPS) is 19.5. The van der Waals surface area contributed by atoms with Gasteiger partial charge >= 0.3 is 0 Å². The van der Waals surface area contributed by atoms with E-state index in [-0.39, 0.29) is 0 Å². The molecule has 1 unspecified atom stereocenters. The minimum Gasteiger partial charge on any atom is -0.397 e. The lowest BCUT2D eigenvalue weighted by Crippen LogP contribution is -2.24. The number of pyridine rings is 1. The number of fused-ring (bicyclic) bond motifs is 1. The second-order valence-electron chi connectivity index (χ2n) is 5.07. The van der Waals surface area contributed by atoms with Crippen LogP contribution >= 0.6 is 0 Å². The Morgan fingerprint density at radius 1 is 1.37 bits per heavy atom.